The Bertz CT molecular complexity index is 471. The molecule has 0 saturated heterocycles. The van der Waals surface area contributed by atoms with Crippen molar-refractivity contribution in [1.82, 2.24) is 9.97 Å². The van der Waals surface area contributed by atoms with Crippen LogP contribution in [0.2, 0.25) is 0 Å². The Morgan fingerprint density at radius 2 is 2.21 bits per heavy atom. The van der Waals surface area contributed by atoms with E-state index in [9.17, 15) is 10.1 Å². The highest BCUT2D eigenvalue weighted by molar-refractivity contribution is 5.68. The third kappa shape index (κ3) is 2.56. The number of nitrogens with zero attached hydrogens (tertiary/aromatic N) is 3. The molecule has 9 heteroatoms. The standard InChI is InChI=1S/C10H16N6O3/c1-19-10(3-2-4-10)5-12-8-7(16(17)18)9(15-11)14-6-13-8/h6H,2-5,11H2,1H3,(H2,12,13,14,15). The quantitative estimate of drug-likeness (QED) is 0.389. The molecule has 1 aliphatic rings. The van der Waals surface area contributed by atoms with Crippen LogP contribution in [0.5, 0.6) is 0 Å². The predicted octanol–water partition coefficient (Wildman–Crippen LogP) is 0.651. The largest absolute Gasteiger partial charge is 0.376 e. The molecular weight excluding hydrogens is 252 g/mol. The summed E-state index contributed by atoms with van der Waals surface area (Å²) in [5.41, 5.74) is 1.67. The fraction of sp³-hybridized carbons (Fsp3) is 0.600. The third-order valence-electron chi connectivity index (χ3n) is 3.42. The first-order valence-corrected chi connectivity index (χ1v) is 5.87. The molecular formula is C10H16N6O3. The van der Waals surface area contributed by atoms with E-state index in [4.69, 9.17) is 10.6 Å². The first kappa shape index (κ1) is 13.4. The molecule has 0 atom stereocenters. The number of nitrogen functional groups attached to an aromatic ring is 1. The van der Waals surface area contributed by atoms with Crippen LogP contribution in [-0.2, 0) is 4.74 Å². The summed E-state index contributed by atoms with van der Waals surface area (Å²) >= 11 is 0. The average molecular weight is 268 g/mol. The van der Waals surface area contributed by atoms with Crippen molar-refractivity contribution in [3.8, 4) is 0 Å². The molecule has 2 rings (SSSR count). The average Bonchev–Trinajstić information content (AvgIpc) is 2.37. The topological polar surface area (TPSA) is 128 Å². The van der Waals surface area contributed by atoms with E-state index in [-0.39, 0.29) is 22.9 Å². The molecule has 104 valence electrons. The minimum absolute atomic E-state index is 0.0254. The van der Waals surface area contributed by atoms with Crippen molar-refractivity contribution in [2.75, 3.05) is 24.4 Å². The molecule has 1 aromatic heterocycles. The van der Waals surface area contributed by atoms with Gasteiger partial charge in [-0.05, 0) is 19.3 Å². The molecule has 1 aromatic rings. The molecule has 1 aliphatic carbocycles. The van der Waals surface area contributed by atoms with Crippen LogP contribution < -0.4 is 16.6 Å². The number of nitrogens with two attached hydrogens (primary N) is 1. The number of anilines is 2. The van der Waals surface area contributed by atoms with Gasteiger partial charge < -0.3 is 15.5 Å². The van der Waals surface area contributed by atoms with Crippen molar-refractivity contribution in [1.29, 1.82) is 0 Å². The zero-order valence-corrected chi connectivity index (χ0v) is 10.5. The van der Waals surface area contributed by atoms with Gasteiger partial charge in [0.25, 0.3) is 0 Å². The Morgan fingerprint density at radius 1 is 1.53 bits per heavy atom. The van der Waals surface area contributed by atoms with E-state index in [2.05, 4.69) is 20.7 Å². The summed E-state index contributed by atoms with van der Waals surface area (Å²) in [7, 11) is 1.64. The maximum atomic E-state index is 11.0. The fourth-order valence-electron chi connectivity index (χ4n) is 2.06. The third-order valence-corrected chi connectivity index (χ3v) is 3.42. The fourth-order valence-corrected chi connectivity index (χ4v) is 2.06. The lowest BCUT2D eigenvalue weighted by Crippen LogP contribution is -2.45. The van der Waals surface area contributed by atoms with Crippen molar-refractivity contribution < 1.29 is 9.66 Å². The number of hydrogen-bond donors (Lipinski definition) is 3. The number of nitro groups is 1. The van der Waals surface area contributed by atoms with Gasteiger partial charge in [-0.1, -0.05) is 0 Å². The number of methoxy groups -OCH3 is 1. The van der Waals surface area contributed by atoms with Gasteiger partial charge in [-0.25, -0.2) is 15.8 Å². The minimum Gasteiger partial charge on any atom is -0.376 e. The summed E-state index contributed by atoms with van der Waals surface area (Å²) in [6, 6.07) is 0. The summed E-state index contributed by atoms with van der Waals surface area (Å²) in [5.74, 6) is 5.32. The summed E-state index contributed by atoms with van der Waals surface area (Å²) < 4.78 is 5.44. The SMILES string of the molecule is COC1(CNc2ncnc(NN)c2[N+](=O)[O-])CCC1. The number of hydrazine groups is 1. The van der Waals surface area contributed by atoms with Gasteiger partial charge in [0.1, 0.15) is 6.33 Å². The van der Waals surface area contributed by atoms with Gasteiger partial charge in [0.05, 0.1) is 10.5 Å². The van der Waals surface area contributed by atoms with Crippen LogP contribution in [0.1, 0.15) is 19.3 Å². The second-order valence-corrected chi connectivity index (χ2v) is 4.42. The predicted molar refractivity (Wildman–Crippen MR) is 68.6 cm³/mol. The lowest BCUT2D eigenvalue weighted by molar-refractivity contribution is -0.383. The molecule has 0 unspecified atom stereocenters. The van der Waals surface area contributed by atoms with Gasteiger partial charge in [-0.15, -0.1) is 0 Å². The Hall–Kier alpha value is -2.00. The van der Waals surface area contributed by atoms with E-state index >= 15 is 0 Å². The van der Waals surface area contributed by atoms with Crippen LogP contribution in [-0.4, -0.2) is 34.1 Å². The lowest BCUT2D eigenvalue weighted by Gasteiger charge is -2.40. The molecule has 0 amide bonds. The molecule has 9 nitrogen and oxygen atoms in total. The second-order valence-electron chi connectivity index (χ2n) is 4.42. The molecule has 0 aliphatic heterocycles. The van der Waals surface area contributed by atoms with E-state index in [0.717, 1.165) is 19.3 Å². The maximum absolute atomic E-state index is 11.0. The summed E-state index contributed by atoms with van der Waals surface area (Å²) in [5, 5.41) is 14.0. The van der Waals surface area contributed by atoms with Crippen molar-refractivity contribution in [2.24, 2.45) is 5.84 Å². The van der Waals surface area contributed by atoms with Crippen LogP contribution in [0.4, 0.5) is 17.3 Å². The number of rotatable bonds is 6. The first-order chi connectivity index (χ1) is 9.12. The molecule has 4 N–H and O–H groups in total. The van der Waals surface area contributed by atoms with Crippen molar-refractivity contribution in [3.63, 3.8) is 0 Å². The smallest absolute Gasteiger partial charge is 0.354 e. The molecule has 19 heavy (non-hydrogen) atoms. The van der Waals surface area contributed by atoms with Crippen molar-refractivity contribution >= 4 is 17.3 Å². The van der Waals surface area contributed by atoms with E-state index in [1.165, 1.54) is 6.33 Å². The highest BCUT2D eigenvalue weighted by Crippen LogP contribution is 2.36. The highest BCUT2D eigenvalue weighted by Gasteiger charge is 2.37. The zero-order valence-electron chi connectivity index (χ0n) is 10.5. The van der Waals surface area contributed by atoms with Gasteiger partial charge in [0.15, 0.2) is 0 Å². The van der Waals surface area contributed by atoms with E-state index in [1.54, 1.807) is 7.11 Å². The van der Waals surface area contributed by atoms with Crippen LogP contribution in [0, 0.1) is 10.1 Å². The summed E-state index contributed by atoms with van der Waals surface area (Å²) in [6.45, 7) is 0.464. The highest BCUT2D eigenvalue weighted by atomic mass is 16.6. The number of ether oxygens (including phenoxy) is 1. The monoisotopic (exact) mass is 268 g/mol. The van der Waals surface area contributed by atoms with Crippen LogP contribution in [0.25, 0.3) is 0 Å². The van der Waals surface area contributed by atoms with Gasteiger partial charge in [-0.3, -0.25) is 10.1 Å². The minimum atomic E-state index is -0.572. The first-order valence-electron chi connectivity index (χ1n) is 5.87. The number of hydrogen-bond acceptors (Lipinski definition) is 8. The Morgan fingerprint density at radius 3 is 2.68 bits per heavy atom. The molecule has 0 radical (unpaired) electrons. The molecule has 0 spiro atoms. The van der Waals surface area contributed by atoms with Gasteiger partial charge in [0, 0.05) is 13.7 Å². The van der Waals surface area contributed by atoms with Gasteiger partial charge in [-0.2, -0.15) is 0 Å². The lowest BCUT2D eigenvalue weighted by atomic mass is 9.80. The van der Waals surface area contributed by atoms with Crippen LogP contribution in [0.3, 0.4) is 0 Å². The maximum Gasteiger partial charge on any atom is 0.354 e. The zero-order chi connectivity index (χ0) is 13.9. The van der Waals surface area contributed by atoms with Crippen molar-refractivity contribution in [3.05, 3.63) is 16.4 Å². The summed E-state index contributed by atoms with van der Waals surface area (Å²) in [4.78, 5) is 18.1. The molecule has 0 aromatic carbocycles. The van der Waals surface area contributed by atoms with Crippen molar-refractivity contribution in [2.45, 2.75) is 24.9 Å². The molecule has 1 fully saturated rings. The second kappa shape index (κ2) is 5.33. The van der Waals surface area contributed by atoms with E-state index in [0.29, 0.717) is 6.54 Å². The number of nitrogens with one attached hydrogen (secondary N) is 2. The van der Waals surface area contributed by atoms with E-state index in [1.807, 2.05) is 0 Å². The Kier molecular flexibility index (Phi) is 3.76. The van der Waals surface area contributed by atoms with Crippen LogP contribution >= 0.6 is 0 Å². The normalized spacial score (nSPS) is 16.5. The Labute approximate surface area is 109 Å². The van der Waals surface area contributed by atoms with Gasteiger partial charge >= 0.3 is 5.69 Å². The Balaban J connectivity index is 2.18. The number of aromatic nitrogens is 2. The van der Waals surface area contributed by atoms with E-state index < -0.39 is 4.92 Å². The van der Waals surface area contributed by atoms with Gasteiger partial charge in [0.2, 0.25) is 11.6 Å². The molecule has 1 heterocycles. The van der Waals surface area contributed by atoms with Crippen LogP contribution in [0.15, 0.2) is 6.33 Å². The summed E-state index contributed by atoms with van der Waals surface area (Å²) in [6.07, 6.45) is 4.16. The molecule has 1 saturated carbocycles. The molecule has 0 bridgehead atoms.